The minimum absolute atomic E-state index is 0.0240. The summed E-state index contributed by atoms with van der Waals surface area (Å²) in [5.41, 5.74) is 10.4. The molecule has 1 aliphatic carbocycles. The molecule has 51 heavy (non-hydrogen) atoms. The fourth-order valence-electron chi connectivity index (χ4n) is 8.91. The van der Waals surface area contributed by atoms with Gasteiger partial charge in [0.1, 0.15) is 0 Å². The largest absolute Gasteiger partial charge is 0.309 e. The maximum atomic E-state index is 14.9. The minimum Gasteiger partial charge on any atom is -0.309 e. The number of benzene rings is 8. The quantitative estimate of drug-likeness (QED) is 0.121. The van der Waals surface area contributed by atoms with Crippen molar-refractivity contribution in [3.8, 4) is 33.4 Å². The third kappa shape index (κ3) is 4.72. The molecule has 246 valence electrons. The summed E-state index contributed by atoms with van der Waals surface area (Å²) in [7, 11) is -3.02. The molecule has 8 aromatic rings. The van der Waals surface area contributed by atoms with Crippen LogP contribution in [-0.2, 0) is 9.98 Å². The van der Waals surface area contributed by atoms with Crippen LogP contribution < -0.4 is 15.9 Å². The van der Waals surface area contributed by atoms with E-state index in [1.165, 1.54) is 54.9 Å². The van der Waals surface area contributed by atoms with E-state index in [1.54, 1.807) is 0 Å². The number of hydrogen-bond acceptors (Lipinski definition) is 1. The fourth-order valence-corrected chi connectivity index (χ4v) is 11.6. The van der Waals surface area contributed by atoms with E-state index >= 15 is 0 Å². The molecule has 0 N–H and O–H groups in total. The van der Waals surface area contributed by atoms with Crippen LogP contribution in [0.1, 0.15) is 37.8 Å². The molecule has 0 heterocycles. The van der Waals surface area contributed by atoms with E-state index in [0.717, 1.165) is 39.9 Å². The van der Waals surface area contributed by atoms with Gasteiger partial charge in [0.25, 0.3) is 0 Å². The molecule has 0 fully saturated rings. The summed E-state index contributed by atoms with van der Waals surface area (Å²) in [6, 6.07) is 62.2. The monoisotopic (exact) mass is 674 g/mol. The Morgan fingerprint density at radius 2 is 0.863 bits per heavy atom. The first kappa shape index (κ1) is 31.5. The van der Waals surface area contributed by atoms with Crippen LogP contribution in [0.2, 0.25) is 0 Å². The molecule has 0 atom stereocenters. The topological polar surface area (TPSA) is 17.1 Å². The zero-order valence-corrected chi connectivity index (χ0v) is 29.9. The van der Waals surface area contributed by atoms with E-state index in [-0.39, 0.29) is 5.41 Å². The van der Waals surface area contributed by atoms with Gasteiger partial charge in [0.15, 0.2) is 7.14 Å². The number of hydrogen-bond donors (Lipinski definition) is 0. The van der Waals surface area contributed by atoms with Crippen molar-refractivity contribution in [3.05, 3.63) is 187 Å². The molecule has 0 bridgehead atoms. The summed E-state index contributed by atoms with van der Waals surface area (Å²) in [6.07, 6.45) is 2.11. The van der Waals surface area contributed by atoms with Gasteiger partial charge in [-0.1, -0.05) is 190 Å². The Bertz CT molecular complexity index is 2550. The minimum atomic E-state index is -3.02. The molecule has 0 spiro atoms. The zero-order valence-electron chi connectivity index (χ0n) is 29.0. The molecule has 0 unspecified atom stereocenters. The summed E-state index contributed by atoms with van der Waals surface area (Å²) >= 11 is 0. The summed E-state index contributed by atoms with van der Waals surface area (Å²) in [6.45, 7) is 4.69. The molecule has 1 aliphatic rings. The second-order valence-corrected chi connectivity index (χ2v) is 16.5. The highest BCUT2D eigenvalue weighted by Gasteiger charge is 2.39. The molecule has 2 heteroatoms. The predicted molar refractivity (Wildman–Crippen MR) is 219 cm³/mol. The lowest BCUT2D eigenvalue weighted by Crippen LogP contribution is -2.29. The summed E-state index contributed by atoms with van der Waals surface area (Å²) in [5, 5.41) is 7.84. The van der Waals surface area contributed by atoms with E-state index < -0.39 is 7.14 Å². The third-order valence-corrected chi connectivity index (χ3v) is 14.5. The number of rotatable bonds is 7. The van der Waals surface area contributed by atoms with Crippen LogP contribution in [0, 0.1) is 0 Å². The van der Waals surface area contributed by atoms with Gasteiger partial charge in [-0.15, -0.1) is 0 Å². The van der Waals surface area contributed by atoms with Gasteiger partial charge in [-0.2, -0.15) is 0 Å². The molecule has 1 nitrogen and oxygen atoms in total. The van der Waals surface area contributed by atoms with Crippen molar-refractivity contribution in [3.63, 3.8) is 0 Å². The molecule has 0 radical (unpaired) electrons. The lowest BCUT2D eigenvalue weighted by molar-refractivity contribution is 0.481. The molecular weight excluding hydrogens is 636 g/mol. The highest BCUT2D eigenvalue weighted by molar-refractivity contribution is 7.85. The van der Waals surface area contributed by atoms with Crippen LogP contribution in [0.3, 0.4) is 0 Å². The van der Waals surface area contributed by atoms with Gasteiger partial charge in [-0.05, 0) is 78.9 Å². The highest BCUT2D eigenvalue weighted by atomic mass is 31.2. The second kappa shape index (κ2) is 12.4. The fraction of sp³-hybridized carbons (Fsp3) is 0.102. The molecule has 0 aromatic heterocycles. The van der Waals surface area contributed by atoms with E-state index in [9.17, 15) is 4.57 Å². The van der Waals surface area contributed by atoms with Crippen molar-refractivity contribution < 1.29 is 4.57 Å². The molecular formula is C49H39OP. The summed E-state index contributed by atoms with van der Waals surface area (Å²) in [5.74, 6) is 0. The third-order valence-electron chi connectivity index (χ3n) is 11.5. The maximum absolute atomic E-state index is 14.9. The summed E-state index contributed by atoms with van der Waals surface area (Å²) in [4.78, 5) is 0. The Morgan fingerprint density at radius 1 is 0.412 bits per heavy atom. The van der Waals surface area contributed by atoms with Crippen LogP contribution in [0.4, 0.5) is 0 Å². The van der Waals surface area contributed by atoms with Crippen LogP contribution in [0.25, 0.3) is 54.9 Å². The predicted octanol–water partition coefficient (Wildman–Crippen LogP) is 12.1. The standard InChI is InChI=1S/C49H39OP/c1-3-49(4-2)44-24-14-13-22-42(44)47-41-21-12-11-20-40(41)46(43-23-15-25-45(49)48(43)47)36-28-26-34(27-29-36)35-30-32-39(33-31-35)51(50,37-16-7-5-8-17-37)38-18-9-6-10-19-38/h5-33H,3-4H2,1-2H3. The molecule has 0 aliphatic heterocycles. The number of fused-ring (bicyclic) bond motifs is 4. The van der Waals surface area contributed by atoms with Gasteiger partial charge in [-0.25, -0.2) is 0 Å². The molecule has 8 aromatic carbocycles. The Morgan fingerprint density at radius 3 is 1.47 bits per heavy atom. The SMILES string of the molecule is CCC1(CC)c2ccccc2-c2c3ccccc3c(-c3ccc(-c4ccc(P(=O)(c5ccccc5)c5ccccc5)cc4)cc3)c3cccc1c23. The highest BCUT2D eigenvalue weighted by Crippen LogP contribution is 2.56. The van der Waals surface area contributed by atoms with Crippen molar-refractivity contribution in [2.75, 3.05) is 0 Å². The van der Waals surface area contributed by atoms with E-state index in [1.807, 2.05) is 60.7 Å². The molecule has 0 amide bonds. The van der Waals surface area contributed by atoms with Crippen molar-refractivity contribution in [1.82, 2.24) is 0 Å². The average molecular weight is 675 g/mol. The van der Waals surface area contributed by atoms with Crippen molar-refractivity contribution in [2.45, 2.75) is 32.1 Å². The van der Waals surface area contributed by atoms with Crippen LogP contribution in [0.15, 0.2) is 176 Å². The summed E-state index contributed by atoms with van der Waals surface area (Å²) < 4.78 is 14.9. The van der Waals surface area contributed by atoms with Crippen LogP contribution >= 0.6 is 7.14 Å². The Kier molecular flexibility index (Phi) is 7.64. The molecule has 9 rings (SSSR count). The first-order valence-corrected chi connectivity index (χ1v) is 19.8. The van der Waals surface area contributed by atoms with Gasteiger partial charge >= 0.3 is 0 Å². The van der Waals surface area contributed by atoms with Crippen molar-refractivity contribution >= 4 is 44.6 Å². The Labute approximate surface area is 300 Å². The van der Waals surface area contributed by atoms with Crippen LogP contribution in [0.5, 0.6) is 0 Å². The van der Waals surface area contributed by atoms with Crippen molar-refractivity contribution in [1.29, 1.82) is 0 Å². The normalized spacial score (nSPS) is 13.3. The molecule has 0 saturated heterocycles. The first-order valence-electron chi connectivity index (χ1n) is 18.1. The van der Waals surface area contributed by atoms with Crippen molar-refractivity contribution in [2.24, 2.45) is 0 Å². The van der Waals surface area contributed by atoms with Gasteiger partial charge in [0.2, 0.25) is 0 Å². The smallest absolute Gasteiger partial charge is 0.171 e. The maximum Gasteiger partial charge on any atom is 0.171 e. The Balaban J connectivity index is 1.17. The van der Waals surface area contributed by atoms with E-state index in [2.05, 4.69) is 129 Å². The molecule has 0 saturated carbocycles. The lowest BCUT2D eigenvalue weighted by atomic mass is 9.62. The second-order valence-electron chi connectivity index (χ2n) is 13.8. The average Bonchev–Trinajstić information content (AvgIpc) is 3.21. The van der Waals surface area contributed by atoms with Gasteiger partial charge < -0.3 is 4.57 Å². The van der Waals surface area contributed by atoms with Crippen LogP contribution in [-0.4, -0.2) is 0 Å². The van der Waals surface area contributed by atoms with E-state index in [4.69, 9.17) is 0 Å². The Hall–Kier alpha value is -5.49. The van der Waals surface area contributed by atoms with Gasteiger partial charge in [0.05, 0.1) is 0 Å². The first-order chi connectivity index (χ1) is 25.1. The zero-order chi connectivity index (χ0) is 34.6. The van der Waals surface area contributed by atoms with Gasteiger partial charge in [-0.3, -0.25) is 0 Å². The van der Waals surface area contributed by atoms with E-state index in [0.29, 0.717) is 0 Å². The van der Waals surface area contributed by atoms with Gasteiger partial charge in [0, 0.05) is 21.3 Å². The lowest BCUT2D eigenvalue weighted by Gasteiger charge is -2.40.